The fourth-order valence-corrected chi connectivity index (χ4v) is 2.02. The number of ether oxygens (including phenoxy) is 1. The Hall–Kier alpha value is -0.845. The minimum absolute atomic E-state index is 0.318. The molecule has 2 fully saturated rings. The van der Waals surface area contributed by atoms with Gasteiger partial charge in [0, 0.05) is 6.20 Å². The van der Waals surface area contributed by atoms with E-state index in [9.17, 15) is 0 Å². The highest BCUT2D eigenvalue weighted by molar-refractivity contribution is 6.61. The van der Waals surface area contributed by atoms with Gasteiger partial charge in [0.05, 0.1) is 36.1 Å². The molecule has 5 nitrogen and oxygen atoms in total. The highest BCUT2D eigenvalue weighted by Gasteiger charge is 2.52. The van der Waals surface area contributed by atoms with Crippen molar-refractivity contribution in [3.8, 4) is 0 Å². The van der Waals surface area contributed by atoms with E-state index in [1.54, 1.807) is 0 Å². The molecule has 3 heterocycles. The van der Waals surface area contributed by atoms with Crippen molar-refractivity contribution in [3.63, 3.8) is 0 Å². The van der Waals surface area contributed by atoms with Crippen molar-refractivity contribution in [2.75, 3.05) is 13.2 Å². The first-order valence-electron chi connectivity index (χ1n) is 6.37. The molecule has 1 aromatic rings. The van der Waals surface area contributed by atoms with Crippen molar-refractivity contribution in [2.24, 2.45) is 0 Å². The molecule has 0 unspecified atom stereocenters. The molecule has 0 N–H and O–H groups in total. The fourth-order valence-electron chi connectivity index (χ4n) is 2.02. The van der Waals surface area contributed by atoms with E-state index >= 15 is 0 Å². The van der Waals surface area contributed by atoms with Gasteiger partial charge in [0.25, 0.3) is 0 Å². The van der Waals surface area contributed by atoms with E-state index in [2.05, 4.69) is 5.10 Å². The molecule has 0 spiro atoms. The molecule has 0 aromatic carbocycles. The van der Waals surface area contributed by atoms with E-state index in [4.69, 9.17) is 14.0 Å². The van der Waals surface area contributed by atoms with Crippen LogP contribution >= 0.6 is 0 Å². The lowest BCUT2D eigenvalue weighted by atomic mass is 9.85. The van der Waals surface area contributed by atoms with Gasteiger partial charge in [-0.3, -0.25) is 4.68 Å². The predicted molar refractivity (Wildman–Crippen MR) is 67.8 cm³/mol. The fraction of sp³-hybridized carbons (Fsp3) is 0.750. The summed E-state index contributed by atoms with van der Waals surface area (Å²) < 4.78 is 19.0. The molecule has 2 saturated heterocycles. The topological polar surface area (TPSA) is 45.5 Å². The molecule has 3 rings (SSSR count). The Kier molecular flexibility index (Phi) is 2.59. The molecule has 0 aliphatic carbocycles. The molecule has 98 valence electrons. The lowest BCUT2D eigenvalue weighted by Gasteiger charge is -2.32. The first-order chi connectivity index (χ1) is 8.39. The molecule has 0 radical (unpaired) electrons. The molecule has 0 atom stereocenters. The molecular formula is C12H19BN2O3. The van der Waals surface area contributed by atoms with Crippen LogP contribution in [0.4, 0.5) is 0 Å². The molecule has 18 heavy (non-hydrogen) atoms. The average molecular weight is 250 g/mol. The molecule has 0 saturated carbocycles. The predicted octanol–water partition coefficient (Wildman–Crippen LogP) is 0.754. The summed E-state index contributed by atoms with van der Waals surface area (Å²) in [5.74, 6) is 0. The van der Waals surface area contributed by atoms with E-state index in [1.807, 2.05) is 44.6 Å². The Labute approximate surface area is 108 Å². The van der Waals surface area contributed by atoms with Crippen LogP contribution in [0.5, 0.6) is 0 Å². The van der Waals surface area contributed by atoms with Gasteiger partial charge in [-0.25, -0.2) is 0 Å². The van der Waals surface area contributed by atoms with E-state index in [1.165, 1.54) is 0 Å². The van der Waals surface area contributed by atoms with Gasteiger partial charge in [0.2, 0.25) is 0 Å². The Morgan fingerprint density at radius 3 is 2.33 bits per heavy atom. The maximum atomic E-state index is 5.97. The number of aromatic nitrogens is 2. The quantitative estimate of drug-likeness (QED) is 0.727. The zero-order valence-corrected chi connectivity index (χ0v) is 11.3. The Morgan fingerprint density at radius 2 is 1.83 bits per heavy atom. The SMILES string of the molecule is CC1(C)OB(c2ccn(C3COC3)n2)OC1(C)C. The van der Waals surface area contributed by atoms with Gasteiger partial charge in [-0.15, -0.1) is 0 Å². The lowest BCUT2D eigenvalue weighted by molar-refractivity contribution is -0.0285. The number of hydrogen-bond donors (Lipinski definition) is 0. The standard InChI is InChI=1S/C12H19BN2O3/c1-11(2)12(3,4)18-13(17-11)10-5-6-15(14-10)9-7-16-8-9/h5-6,9H,7-8H2,1-4H3. The average Bonchev–Trinajstić information content (AvgIpc) is 2.68. The number of rotatable bonds is 2. The Bertz CT molecular complexity index is 438. The summed E-state index contributed by atoms with van der Waals surface area (Å²) in [6.07, 6.45) is 1.97. The molecule has 6 heteroatoms. The maximum Gasteiger partial charge on any atom is 0.516 e. The minimum Gasteiger partial charge on any atom is -0.398 e. The minimum atomic E-state index is -0.378. The first-order valence-corrected chi connectivity index (χ1v) is 6.37. The largest absolute Gasteiger partial charge is 0.516 e. The van der Waals surface area contributed by atoms with Crippen LogP contribution in [0.25, 0.3) is 0 Å². The van der Waals surface area contributed by atoms with Crippen molar-refractivity contribution < 1.29 is 14.0 Å². The van der Waals surface area contributed by atoms with Gasteiger partial charge < -0.3 is 14.0 Å². The molecule has 0 bridgehead atoms. The number of nitrogens with zero attached hydrogens (tertiary/aromatic N) is 2. The van der Waals surface area contributed by atoms with E-state index < -0.39 is 0 Å². The van der Waals surface area contributed by atoms with E-state index in [0.717, 1.165) is 18.8 Å². The summed E-state index contributed by atoms with van der Waals surface area (Å²) in [5.41, 5.74) is 0.197. The normalized spacial score (nSPS) is 26.3. The zero-order valence-electron chi connectivity index (χ0n) is 11.3. The molecular weight excluding hydrogens is 231 g/mol. The summed E-state index contributed by atoms with van der Waals surface area (Å²) >= 11 is 0. The summed E-state index contributed by atoms with van der Waals surface area (Å²) in [6, 6.07) is 2.32. The van der Waals surface area contributed by atoms with Gasteiger partial charge in [-0.05, 0) is 33.8 Å². The second-order valence-electron chi connectivity index (χ2n) is 6.00. The second-order valence-corrected chi connectivity index (χ2v) is 6.00. The monoisotopic (exact) mass is 250 g/mol. The van der Waals surface area contributed by atoms with Crippen LogP contribution in [0.1, 0.15) is 33.7 Å². The van der Waals surface area contributed by atoms with Crippen LogP contribution in [-0.2, 0) is 14.0 Å². The van der Waals surface area contributed by atoms with Crippen LogP contribution in [0.15, 0.2) is 12.3 Å². The van der Waals surface area contributed by atoms with Gasteiger partial charge in [-0.1, -0.05) is 0 Å². The van der Waals surface area contributed by atoms with Crippen LogP contribution in [0.2, 0.25) is 0 Å². The van der Waals surface area contributed by atoms with E-state index in [-0.39, 0.29) is 18.3 Å². The number of hydrogen-bond acceptors (Lipinski definition) is 4. The zero-order chi connectivity index (χ0) is 13.0. The van der Waals surface area contributed by atoms with Gasteiger partial charge >= 0.3 is 7.12 Å². The molecule has 1 aromatic heterocycles. The second kappa shape index (κ2) is 3.82. The third kappa shape index (κ3) is 1.79. The summed E-state index contributed by atoms with van der Waals surface area (Å²) in [7, 11) is -0.378. The summed E-state index contributed by atoms with van der Waals surface area (Å²) in [6.45, 7) is 9.66. The highest BCUT2D eigenvalue weighted by Crippen LogP contribution is 2.36. The highest BCUT2D eigenvalue weighted by atomic mass is 16.7. The van der Waals surface area contributed by atoms with Crippen LogP contribution in [0, 0.1) is 0 Å². The van der Waals surface area contributed by atoms with E-state index in [0.29, 0.717) is 6.04 Å². The summed E-state index contributed by atoms with van der Waals surface area (Å²) in [5, 5.41) is 4.53. The lowest BCUT2D eigenvalue weighted by Crippen LogP contribution is -2.41. The van der Waals surface area contributed by atoms with Gasteiger partial charge in [0.15, 0.2) is 0 Å². The van der Waals surface area contributed by atoms with Crippen molar-refractivity contribution in [1.29, 1.82) is 0 Å². The molecule has 2 aliphatic rings. The van der Waals surface area contributed by atoms with Crippen LogP contribution in [0.3, 0.4) is 0 Å². The van der Waals surface area contributed by atoms with Crippen LogP contribution < -0.4 is 5.59 Å². The maximum absolute atomic E-state index is 5.97. The van der Waals surface area contributed by atoms with Gasteiger partial charge in [-0.2, -0.15) is 5.10 Å². The van der Waals surface area contributed by atoms with Crippen molar-refractivity contribution >= 4 is 12.7 Å². The first kappa shape index (κ1) is 12.2. The van der Waals surface area contributed by atoms with Crippen molar-refractivity contribution in [1.82, 2.24) is 9.78 Å². The molecule has 0 amide bonds. The van der Waals surface area contributed by atoms with Crippen molar-refractivity contribution in [2.45, 2.75) is 44.9 Å². The van der Waals surface area contributed by atoms with Gasteiger partial charge in [0.1, 0.15) is 0 Å². The summed E-state index contributed by atoms with van der Waals surface area (Å²) in [4.78, 5) is 0. The molecule has 2 aliphatic heterocycles. The smallest absolute Gasteiger partial charge is 0.398 e. The Balaban J connectivity index is 1.78. The van der Waals surface area contributed by atoms with Crippen LogP contribution in [-0.4, -0.2) is 41.3 Å². The third-order valence-corrected chi connectivity index (χ3v) is 4.12. The Morgan fingerprint density at radius 1 is 1.22 bits per heavy atom. The van der Waals surface area contributed by atoms with Crippen molar-refractivity contribution in [3.05, 3.63) is 12.3 Å². The third-order valence-electron chi connectivity index (χ3n) is 4.12.